The molecule has 1 saturated carbocycles. The maximum atomic E-state index is 10.9. The van der Waals surface area contributed by atoms with Gasteiger partial charge in [-0.1, -0.05) is 6.07 Å². The van der Waals surface area contributed by atoms with Crippen molar-refractivity contribution in [3.8, 4) is 0 Å². The Morgan fingerprint density at radius 3 is 2.59 bits per heavy atom. The molecule has 0 aromatic carbocycles. The molecule has 0 atom stereocenters. The molecule has 1 aliphatic carbocycles. The average molecular weight is 234 g/mol. The van der Waals surface area contributed by atoms with Crippen LogP contribution in [0.4, 0.5) is 5.82 Å². The Morgan fingerprint density at radius 1 is 1.35 bits per heavy atom. The predicted molar refractivity (Wildman–Crippen MR) is 66.0 cm³/mol. The van der Waals surface area contributed by atoms with E-state index in [2.05, 4.69) is 9.88 Å². The zero-order valence-electron chi connectivity index (χ0n) is 10.0. The second kappa shape index (κ2) is 5.17. The summed E-state index contributed by atoms with van der Waals surface area (Å²) in [6.45, 7) is 0. The smallest absolute Gasteiger partial charge is 0.306 e. The van der Waals surface area contributed by atoms with Gasteiger partial charge in [0.15, 0.2) is 0 Å². The van der Waals surface area contributed by atoms with E-state index in [1.165, 1.54) is 0 Å². The Bertz CT molecular complexity index is 372. The molecular weight excluding hydrogens is 216 g/mol. The van der Waals surface area contributed by atoms with Crippen molar-refractivity contribution in [2.75, 3.05) is 11.9 Å². The Morgan fingerprint density at radius 2 is 2.06 bits per heavy atom. The van der Waals surface area contributed by atoms with Crippen molar-refractivity contribution in [1.29, 1.82) is 0 Å². The molecule has 4 nitrogen and oxygen atoms in total. The number of pyridine rings is 1. The van der Waals surface area contributed by atoms with Gasteiger partial charge in [-0.25, -0.2) is 4.98 Å². The summed E-state index contributed by atoms with van der Waals surface area (Å²) < 4.78 is 0. The second-order valence-electron chi connectivity index (χ2n) is 4.64. The first kappa shape index (κ1) is 11.9. The van der Waals surface area contributed by atoms with E-state index in [0.717, 1.165) is 31.5 Å². The van der Waals surface area contributed by atoms with Crippen molar-refractivity contribution in [2.45, 2.75) is 31.7 Å². The summed E-state index contributed by atoms with van der Waals surface area (Å²) in [6, 6.07) is 6.28. The largest absolute Gasteiger partial charge is 0.481 e. The normalized spacial score (nSPS) is 24.3. The van der Waals surface area contributed by atoms with E-state index in [1.54, 1.807) is 6.20 Å². The van der Waals surface area contributed by atoms with Crippen LogP contribution in [0.1, 0.15) is 25.7 Å². The quantitative estimate of drug-likeness (QED) is 0.870. The predicted octanol–water partition coefficient (Wildman–Crippen LogP) is 2.16. The fraction of sp³-hybridized carbons (Fsp3) is 0.538. The van der Waals surface area contributed by atoms with Crippen LogP contribution in [0.5, 0.6) is 0 Å². The standard InChI is InChI=1S/C13H18N2O2/c1-15(12-4-2-3-9-14-12)11-7-5-10(6-8-11)13(16)17/h2-4,9-11H,5-8H2,1H3,(H,16,17). The van der Waals surface area contributed by atoms with Crippen molar-refractivity contribution in [3.05, 3.63) is 24.4 Å². The van der Waals surface area contributed by atoms with E-state index in [0.29, 0.717) is 6.04 Å². The first-order valence-electron chi connectivity index (χ1n) is 6.05. The van der Waals surface area contributed by atoms with Crippen molar-refractivity contribution in [2.24, 2.45) is 5.92 Å². The zero-order valence-corrected chi connectivity index (χ0v) is 10.0. The molecule has 1 N–H and O–H groups in total. The van der Waals surface area contributed by atoms with E-state index >= 15 is 0 Å². The number of hydrogen-bond acceptors (Lipinski definition) is 3. The maximum Gasteiger partial charge on any atom is 0.306 e. The van der Waals surface area contributed by atoms with Gasteiger partial charge in [0.05, 0.1) is 5.92 Å². The molecule has 0 bridgehead atoms. The molecule has 1 heterocycles. The molecule has 0 saturated heterocycles. The highest BCUT2D eigenvalue weighted by molar-refractivity contribution is 5.70. The van der Waals surface area contributed by atoms with E-state index < -0.39 is 5.97 Å². The lowest BCUT2D eigenvalue weighted by molar-refractivity contribution is -0.142. The molecule has 0 aliphatic heterocycles. The third-order valence-corrected chi connectivity index (χ3v) is 3.60. The van der Waals surface area contributed by atoms with E-state index in [-0.39, 0.29) is 5.92 Å². The fourth-order valence-corrected chi connectivity index (χ4v) is 2.46. The average Bonchev–Trinajstić information content (AvgIpc) is 2.39. The van der Waals surface area contributed by atoms with Gasteiger partial charge in [-0.2, -0.15) is 0 Å². The molecule has 1 aromatic heterocycles. The van der Waals surface area contributed by atoms with Crippen LogP contribution >= 0.6 is 0 Å². The molecule has 4 heteroatoms. The molecular formula is C13H18N2O2. The van der Waals surface area contributed by atoms with Crippen LogP contribution in [-0.2, 0) is 4.79 Å². The Balaban J connectivity index is 1.95. The molecule has 2 rings (SSSR count). The first-order valence-corrected chi connectivity index (χ1v) is 6.05. The van der Waals surface area contributed by atoms with Crippen LogP contribution in [0.25, 0.3) is 0 Å². The lowest BCUT2D eigenvalue weighted by Gasteiger charge is -2.34. The molecule has 1 aliphatic rings. The molecule has 0 amide bonds. The van der Waals surface area contributed by atoms with Crippen molar-refractivity contribution in [1.82, 2.24) is 4.98 Å². The third-order valence-electron chi connectivity index (χ3n) is 3.60. The van der Waals surface area contributed by atoms with Crippen LogP contribution in [0.3, 0.4) is 0 Å². The minimum Gasteiger partial charge on any atom is -0.481 e. The minimum absolute atomic E-state index is 0.150. The number of carboxylic acid groups (broad SMARTS) is 1. The van der Waals surface area contributed by atoms with Crippen molar-refractivity contribution < 1.29 is 9.90 Å². The number of rotatable bonds is 3. The minimum atomic E-state index is -0.649. The third kappa shape index (κ3) is 2.75. The summed E-state index contributed by atoms with van der Waals surface area (Å²) in [5.41, 5.74) is 0. The summed E-state index contributed by atoms with van der Waals surface area (Å²) in [5.74, 6) is 0.165. The molecule has 92 valence electrons. The van der Waals surface area contributed by atoms with Gasteiger partial charge in [0.2, 0.25) is 0 Å². The summed E-state index contributed by atoms with van der Waals surface area (Å²) in [4.78, 5) is 17.4. The molecule has 0 unspecified atom stereocenters. The first-order chi connectivity index (χ1) is 8.18. The van der Waals surface area contributed by atoms with Gasteiger partial charge in [0.1, 0.15) is 5.82 Å². The fourth-order valence-electron chi connectivity index (χ4n) is 2.46. The number of carbonyl (C=O) groups is 1. The number of aromatic nitrogens is 1. The Labute approximate surface area is 101 Å². The molecule has 17 heavy (non-hydrogen) atoms. The molecule has 0 radical (unpaired) electrons. The molecule has 0 spiro atoms. The van der Waals surface area contributed by atoms with Gasteiger partial charge < -0.3 is 10.0 Å². The number of anilines is 1. The van der Waals surface area contributed by atoms with E-state index in [4.69, 9.17) is 5.11 Å². The van der Waals surface area contributed by atoms with Gasteiger partial charge in [-0.15, -0.1) is 0 Å². The van der Waals surface area contributed by atoms with Crippen LogP contribution in [-0.4, -0.2) is 29.1 Å². The highest BCUT2D eigenvalue weighted by Gasteiger charge is 2.28. The number of carboxylic acids is 1. The number of hydrogen-bond donors (Lipinski definition) is 1. The molecule has 1 fully saturated rings. The summed E-state index contributed by atoms with van der Waals surface area (Å²) in [5, 5.41) is 8.95. The van der Waals surface area contributed by atoms with E-state index in [1.807, 2.05) is 25.2 Å². The highest BCUT2D eigenvalue weighted by Crippen LogP contribution is 2.28. The number of nitrogens with zero attached hydrogens (tertiary/aromatic N) is 2. The second-order valence-corrected chi connectivity index (χ2v) is 4.64. The molecule has 1 aromatic rings. The SMILES string of the molecule is CN(c1ccccn1)C1CCC(C(=O)O)CC1. The lowest BCUT2D eigenvalue weighted by Crippen LogP contribution is -2.37. The van der Waals surface area contributed by atoms with Crippen molar-refractivity contribution >= 4 is 11.8 Å². The van der Waals surface area contributed by atoms with Gasteiger partial charge in [0, 0.05) is 19.3 Å². The topological polar surface area (TPSA) is 53.4 Å². The van der Waals surface area contributed by atoms with Gasteiger partial charge in [-0.05, 0) is 37.8 Å². The van der Waals surface area contributed by atoms with Crippen LogP contribution < -0.4 is 4.90 Å². The maximum absolute atomic E-state index is 10.9. The van der Waals surface area contributed by atoms with Gasteiger partial charge in [-0.3, -0.25) is 4.79 Å². The summed E-state index contributed by atoms with van der Waals surface area (Å²) in [7, 11) is 2.04. The van der Waals surface area contributed by atoms with Gasteiger partial charge in [0.25, 0.3) is 0 Å². The van der Waals surface area contributed by atoms with Crippen molar-refractivity contribution in [3.63, 3.8) is 0 Å². The lowest BCUT2D eigenvalue weighted by atomic mass is 9.85. The Hall–Kier alpha value is -1.58. The van der Waals surface area contributed by atoms with Crippen LogP contribution in [0.2, 0.25) is 0 Å². The number of aliphatic carboxylic acids is 1. The summed E-state index contributed by atoms with van der Waals surface area (Å²) >= 11 is 0. The monoisotopic (exact) mass is 234 g/mol. The summed E-state index contributed by atoms with van der Waals surface area (Å²) in [6.07, 6.45) is 5.21. The van der Waals surface area contributed by atoms with Crippen LogP contribution in [0, 0.1) is 5.92 Å². The van der Waals surface area contributed by atoms with E-state index in [9.17, 15) is 4.79 Å². The van der Waals surface area contributed by atoms with Gasteiger partial charge >= 0.3 is 5.97 Å². The Kier molecular flexibility index (Phi) is 3.61. The highest BCUT2D eigenvalue weighted by atomic mass is 16.4. The zero-order chi connectivity index (χ0) is 12.3. The van der Waals surface area contributed by atoms with Crippen LogP contribution in [0.15, 0.2) is 24.4 Å².